The van der Waals surface area contributed by atoms with Gasteiger partial charge in [0, 0.05) is 5.54 Å². The van der Waals surface area contributed by atoms with Crippen molar-refractivity contribution in [3.8, 4) is 0 Å². The molecule has 0 aliphatic heterocycles. The number of rotatable bonds is 3. The fourth-order valence-corrected chi connectivity index (χ4v) is 0.936. The Morgan fingerprint density at radius 1 is 1.50 bits per heavy atom. The summed E-state index contributed by atoms with van der Waals surface area (Å²) in [5.74, 6) is 0. The summed E-state index contributed by atoms with van der Waals surface area (Å²) in [6.45, 7) is 8.38. The highest BCUT2D eigenvalue weighted by molar-refractivity contribution is 6.20. The number of alkyl halides is 1. The molecule has 0 spiro atoms. The minimum Gasteiger partial charge on any atom is -0.297 e. The van der Waals surface area contributed by atoms with Gasteiger partial charge in [0.1, 0.15) is 0 Å². The van der Waals surface area contributed by atoms with Gasteiger partial charge in [-0.2, -0.15) is 0 Å². The standard InChI is InChI=1S/C7H16ClN.ClH/c1-5-7(3,4)9-6(2)8;/h6,9H,5H2,1-4H3;1H. The zero-order valence-electron chi connectivity index (χ0n) is 7.07. The summed E-state index contributed by atoms with van der Waals surface area (Å²) in [4.78, 5) is 0. The molecule has 0 saturated carbocycles. The molecule has 0 saturated heterocycles. The molecule has 0 amide bonds. The highest BCUT2D eigenvalue weighted by Gasteiger charge is 2.15. The summed E-state index contributed by atoms with van der Waals surface area (Å²) in [7, 11) is 0. The van der Waals surface area contributed by atoms with Gasteiger partial charge in [0.05, 0.1) is 5.50 Å². The van der Waals surface area contributed by atoms with E-state index >= 15 is 0 Å². The normalized spacial score (nSPS) is 14.1. The first-order valence-corrected chi connectivity index (χ1v) is 3.83. The van der Waals surface area contributed by atoms with Crippen LogP contribution in [0.25, 0.3) is 0 Å². The molecule has 0 fully saturated rings. The molecule has 1 nitrogen and oxygen atoms in total. The predicted octanol–water partition coefficient (Wildman–Crippen LogP) is 2.77. The van der Waals surface area contributed by atoms with Gasteiger partial charge in [0.25, 0.3) is 0 Å². The van der Waals surface area contributed by atoms with E-state index in [0.29, 0.717) is 0 Å². The fourth-order valence-electron chi connectivity index (χ4n) is 0.640. The molecule has 0 bridgehead atoms. The quantitative estimate of drug-likeness (QED) is 0.527. The molecule has 1 unspecified atom stereocenters. The summed E-state index contributed by atoms with van der Waals surface area (Å²) in [5.41, 5.74) is 0.251. The molecule has 10 heavy (non-hydrogen) atoms. The molecule has 0 aromatic carbocycles. The van der Waals surface area contributed by atoms with E-state index in [1.165, 1.54) is 0 Å². The van der Waals surface area contributed by atoms with Crippen LogP contribution in [0, 0.1) is 0 Å². The second-order valence-electron chi connectivity index (χ2n) is 3.00. The van der Waals surface area contributed by atoms with Gasteiger partial charge in [-0.25, -0.2) is 0 Å². The molecular weight excluding hydrogens is 169 g/mol. The van der Waals surface area contributed by atoms with Crippen molar-refractivity contribution in [3.05, 3.63) is 0 Å². The van der Waals surface area contributed by atoms with Crippen LogP contribution >= 0.6 is 24.0 Å². The molecule has 3 heteroatoms. The molecule has 0 aromatic heterocycles. The number of hydrogen-bond acceptors (Lipinski definition) is 1. The van der Waals surface area contributed by atoms with Crippen LogP contribution in [0.5, 0.6) is 0 Å². The SMILES string of the molecule is CCC(C)(C)NC(C)Cl.Cl. The summed E-state index contributed by atoms with van der Waals surface area (Å²) in [5, 5.41) is 3.23. The van der Waals surface area contributed by atoms with Crippen LogP contribution < -0.4 is 5.32 Å². The van der Waals surface area contributed by atoms with Crippen molar-refractivity contribution in [2.24, 2.45) is 0 Å². The van der Waals surface area contributed by atoms with Gasteiger partial charge >= 0.3 is 0 Å². The van der Waals surface area contributed by atoms with Crippen molar-refractivity contribution in [3.63, 3.8) is 0 Å². The smallest absolute Gasteiger partial charge is 0.0800 e. The lowest BCUT2D eigenvalue weighted by Crippen LogP contribution is -2.41. The first kappa shape index (κ1) is 13.2. The van der Waals surface area contributed by atoms with E-state index in [1.807, 2.05) is 6.92 Å². The predicted molar refractivity (Wildman–Crippen MR) is 50.1 cm³/mol. The Morgan fingerprint density at radius 3 is 2.00 bits per heavy atom. The van der Waals surface area contributed by atoms with Crippen LogP contribution in [0.3, 0.4) is 0 Å². The first-order chi connectivity index (χ1) is 3.98. The van der Waals surface area contributed by atoms with Crippen molar-refractivity contribution in [1.82, 2.24) is 5.32 Å². The van der Waals surface area contributed by atoms with Crippen LogP contribution in [0.15, 0.2) is 0 Å². The molecule has 0 rings (SSSR count). The lowest BCUT2D eigenvalue weighted by atomic mass is 10.0. The molecule has 0 radical (unpaired) electrons. The number of hydrogen-bond donors (Lipinski definition) is 1. The zero-order chi connectivity index (χ0) is 7.49. The zero-order valence-corrected chi connectivity index (χ0v) is 8.64. The third-order valence-corrected chi connectivity index (χ3v) is 1.58. The van der Waals surface area contributed by atoms with E-state index in [-0.39, 0.29) is 23.4 Å². The summed E-state index contributed by atoms with van der Waals surface area (Å²) in [6, 6.07) is 0. The minimum atomic E-state index is 0. The Labute approximate surface area is 74.9 Å². The van der Waals surface area contributed by atoms with E-state index in [9.17, 15) is 0 Å². The Morgan fingerprint density at radius 2 is 1.90 bits per heavy atom. The lowest BCUT2D eigenvalue weighted by Gasteiger charge is -2.25. The Hall–Kier alpha value is 0.540. The van der Waals surface area contributed by atoms with Crippen molar-refractivity contribution in [2.45, 2.75) is 45.2 Å². The number of halogens is 2. The van der Waals surface area contributed by atoms with Crippen LogP contribution in [0.4, 0.5) is 0 Å². The largest absolute Gasteiger partial charge is 0.297 e. The average molecular weight is 186 g/mol. The van der Waals surface area contributed by atoms with E-state index < -0.39 is 0 Å². The van der Waals surface area contributed by atoms with E-state index in [4.69, 9.17) is 11.6 Å². The Kier molecular flexibility index (Phi) is 6.87. The molecule has 0 heterocycles. The summed E-state index contributed by atoms with van der Waals surface area (Å²) >= 11 is 5.73. The molecule has 0 aliphatic carbocycles. The van der Waals surface area contributed by atoms with Crippen molar-refractivity contribution in [1.29, 1.82) is 0 Å². The average Bonchev–Trinajstić information content (AvgIpc) is 1.63. The van der Waals surface area contributed by atoms with E-state index in [0.717, 1.165) is 6.42 Å². The third-order valence-electron chi connectivity index (χ3n) is 1.47. The molecule has 64 valence electrons. The number of nitrogens with one attached hydrogen (secondary N) is 1. The lowest BCUT2D eigenvalue weighted by molar-refractivity contribution is 0.372. The van der Waals surface area contributed by atoms with Crippen LogP contribution in [-0.2, 0) is 0 Å². The highest BCUT2D eigenvalue weighted by Crippen LogP contribution is 2.08. The minimum absolute atomic E-state index is 0. The van der Waals surface area contributed by atoms with E-state index in [1.54, 1.807) is 0 Å². The second kappa shape index (κ2) is 5.22. The van der Waals surface area contributed by atoms with Crippen LogP contribution in [-0.4, -0.2) is 11.0 Å². The van der Waals surface area contributed by atoms with Gasteiger partial charge in [-0.3, -0.25) is 5.32 Å². The molecule has 1 atom stereocenters. The summed E-state index contributed by atoms with van der Waals surface area (Å²) < 4.78 is 0. The Bertz CT molecular complexity index is 81.7. The van der Waals surface area contributed by atoms with Gasteiger partial charge in [-0.1, -0.05) is 6.92 Å². The Balaban J connectivity index is 0. The monoisotopic (exact) mass is 185 g/mol. The maximum absolute atomic E-state index is 5.73. The van der Waals surface area contributed by atoms with Gasteiger partial charge in [-0.05, 0) is 27.2 Å². The topological polar surface area (TPSA) is 12.0 Å². The first-order valence-electron chi connectivity index (χ1n) is 3.39. The maximum atomic E-state index is 5.73. The van der Waals surface area contributed by atoms with Gasteiger partial charge in [0.15, 0.2) is 0 Å². The molecular formula is C7H17Cl2N. The van der Waals surface area contributed by atoms with Crippen molar-refractivity contribution < 1.29 is 0 Å². The van der Waals surface area contributed by atoms with E-state index in [2.05, 4.69) is 26.1 Å². The third kappa shape index (κ3) is 6.66. The second-order valence-corrected chi connectivity index (χ2v) is 3.65. The highest BCUT2D eigenvalue weighted by atomic mass is 35.5. The van der Waals surface area contributed by atoms with Gasteiger partial charge in [0.2, 0.25) is 0 Å². The van der Waals surface area contributed by atoms with Crippen LogP contribution in [0.1, 0.15) is 34.1 Å². The molecule has 0 aromatic rings. The summed E-state index contributed by atoms with van der Waals surface area (Å²) in [6.07, 6.45) is 1.10. The maximum Gasteiger partial charge on any atom is 0.0800 e. The van der Waals surface area contributed by atoms with Crippen molar-refractivity contribution in [2.75, 3.05) is 0 Å². The van der Waals surface area contributed by atoms with Crippen LogP contribution in [0.2, 0.25) is 0 Å². The van der Waals surface area contributed by atoms with Gasteiger partial charge in [-0.15, -0.1) is 24.0 Å². The fraction of sp³-hybridized carbons (Fsp3) is 1.00. The van der Waals surface area contributed by atoms with Gasteiger partial charge < -0.3 is 0 Å². The van der Waals surface area contributed by atoms with Crippen molar-refractivity contribution >= 4 is 24.0 Å². The molecule has 0 aliphatic rings. The molecule has 1 N–H and O–H groups in total.